The Balaban J connectivity index is 1.54. The van der Waals surface area contributed by atoms with Gasteiger partial charge in [0.1, 0.15) is 12.3 Å². The van der Waals surface area contributed by atoms with E-state index in [1.54, 1.807) is 42.3 Å². The molecule has 2 aliphatic rings. The van der Waals surface area contributed by atoms with E-state index in [1.165, 1.54) is 4.90 Å². The van der Waals surface area contributed by atoms with Crippen molar-refractivity contribution < 1.29 is 29.1 Å². The molecule has 0 saturated carbocycles. The van der Waals surface area contributed by atoms with Crippen LogP contribution in [0.5, 0.6) is 5.75 Å². The Kier molecular flexibility index (Phi) is 9.23. The highest BCUT2D eigenvalue weighted by atomic mass is 16.5. The zero-order valence-electron chi connectivity index (χ0n) is 20.3. The first kappa shape index (κ1) is 25.9. The fourth-order valence-electron chi connectivity index (χ4n) is 4.22. The summed E-state index contributed by atoms with van der Waals surface area (Å²) in [6.07, 6.45) is 2.15. The third-order valence-corrected chi connectivity index (χ3v) is 5.91. The predicted octanol–water partition coefficient (Wildman–Crippen LogP) is 0.601. The molecule has 10 nitrogen and oxygen atoms in total. The largest absolute Gasteiger partial charge is 0.494 e. The molecule has 2 heterocycles. The maximum absolute atomic E-state index is 12.7. The van der Waals surface area contributed by atoms with Gasteiger partial charge < -0.3 is 34.0 Å². The summed E-state index contributed by atoms with van der Waals surface area (Å²) < 4.78 is 10.9. The summed E-state index contributed by atoms with van der Waals surface area (Å²) in [5.74, 6) is 0.705. The molecule has 2 N–H and O–H groups in total. The van der Waals surface area contributed by atoms with E-state index < -0.39 is 20.1 Å². The third-order valence-electron chi connectivity index (χ3n) is 5.91. The van der Waals surface area contributed by atoms with Gasteiger partial charge in [-0.15, -0.1) is 0 Å². The lowest BCUT2D eigenvalue weighted by molar-refractivity contribution is -0.143. The van der Waals surface area contributed by atoms with Crippen LogP contribution in [0.4, 0.5) is 0 Å². The van der Waals surface area contributed by atoms with Crippen LogP contribution in [0, 0.1) is 0 Å². The van der Waals surface area contributed by atoms with Gasteiger partial charge in [-0.25, -0.2) is 0 Å². The number of guanidine groups is 1. The first-order valence-electron chi connectivity index (χ1n) is 12.0. The third kappa shape index (κ3) is 6.44. The standard InChI is InChI=1S/C22H34B2N4O6/c1-4-33-20(29)16-26-13-9-17-15-18(7-8-19(17)21(26)30)34-14-6-12-28(24(3)32)22-25-10-5-11-27(22)23(2)31/h7-8,15,31-32H,4-6,9-14,16H2,1-3H3. The van der Waals surface area contributed by atoms with Crippen LogP contribution in [0.15, 0.2) is 23.2 Å². The lowest BCUT2D eigenvalue weighted by Gasteiger charge is -2.38. The van der Waals surface area contributed by atoms with E-state index in [9.17, 15) is 19.6 Å². The minimum atomic E-state index is -0.745. The molecule has 34 heavy (non-hydrogen) atoms. The normalized spacial score (nSPS) is 15.4. The second-order valence-corrected chi connectivity index (χ2v) is 8.49. The number of carbonyl (C=O) groups excluding carboxylic acids is 2. The summed E-state index contributed by atoms with van der Waals surface area (Å²) in [6.45, 7) is 8.14. The quantitative estimate of drug-likeness (QED) is 0.289. The number of hydrogen-bond donors (Lipinski definition) is 2. The van der Waals surface area contributed by atoms with E-state index in [4.69, 9.17) is 9.47 Å². The molecule has 0 bridgehead atoms. The van der Waals surface area contributed by atoms with Crippen molar-refractivity contribution in [2.75, 3.05) is 45.9 Å². The van der Waals surface area contributed by atoms with Crippen LogP contribution >= 0.6 is 0 Å². The molecule has 1 aromatic rings. The van der Waals surface area contributed by atoms with Gasteiger partial charge in [0.2, 0.25) is 0 Å². The van der Waals surface area contributed by atoms with Crippen LogP contribution in [0.25, 0.3) is 0 Å². The van der Waals surface area contributed by atoms with Crippen LogP contribution in [-0.4, -0.2) is 102 Å². The second kappa shape index (κ2) is 12.1. The molecule has 3 rings (SSSR count). The van der Waals surface area contributed by atoms with Gasteiger partial charge in [-0.3, -0.25) is 14.6 Å². The number of benzene rings is 1. The van der Waals surface area contributed by atoms with Crippen LogP contribution in [0.1, 0.15) is 35.7 Å². The first-order chi connectivity index (χ1) is 16.3. The molecular formula is C22H34B2N4O6. The number of fused-ring (bicyclic) bond motifs is 1. The van der Waals surface area contributed by atoms with Gasteiger partial charge in [-0.05, 0) is 63.6 Å². The highest BCUT2D eigenvalue weighted by Crippen LogP contribution is 2.24. The molecule has 0 fully saturated rings. The summed E-state index contributed by atoms with van der Waals surface area (Å²) in [5.41, 5.74) is 1.48. The lowest BCUT2D eigenvalue weighted by atomic mass is 9.81. The molecule has 1 aromatic carbocycles. The molecule has 0 unspecified atom stereocenters. The smallest absolute Gasteiger partial charge is 0.411 e. The molecule has 2 aliphatic heterocycles. The highest BCUT2D eigenvalue weighted by Gasteiger charge is 2.30. The zero-order chi connectivity index (χ0) is 24.7. The van der Waals surface area contributed by atoms with Crippen LogP contribution in [0.3, 0.4) is 0 Å². The van der Waals surface area contributed by atoms with Crippen LogP contribution < -0.4 is 4.74 Å². The number of ether oxygens (including phenoxy) is 2. The van der Waals surface area contributed by atoms with E-state index in [0.717, 1.165) is 12.0 Å². The number of aliphatic imine (C=N–C) groups is 1. The van der Waals surface area contributed by atoms with E-state index in [-0.39, 0.29) is 12.5 Å². The zero-order valence-corrected chi connectivity index (χ0v) is 20.3. The van der Waals surface area contributed by atoms with Crippen molar-refractivity contribution in [1.29, 1.82) is 0 Å². The van der Waals surface area contributed by atoms with Gasteiger partial charge in [0.15, 0.2) is 5.96 Å². The fourth-order valence-corrected chi connectivity index (χ4v) is 4.22. The minimum Gasteiger partial charge on any atom is -0.494 e. The van der Waals surface area contributed by atoms with Crippen molar-refractivity contribution in [2.24, 2.45) is 4.99 Å². The minimum absolute atomic E-state index is 0.0398. The van der Waals surface area contributed by atoms with Crippen molar-refractivity contribution >= 4 is 31.9 Å². The van der Waals surface area contributed by atoms with Gasteiger partial charge in [-0.1, -0.05) is 0 Å². The molecular weight excluding hydrogens is 438 g/mol. The molecule has 12 heteroatoms. The van der Waals surface area contributed by atoms with E-state index in [0.29, 0.717) is 69.5 Å². The van der Waals surface area contributed by atoms with Crippen molar-refractivity contribution in [2.45, 2.75) is 39.8 Å². The first-order valence-corrected chi connectivity index (χ1v) is 12.0. The molecule has 184 valence electrons. The molecule has 0 spiro atoms. The number of nitrogens with zero attached hydrogens (tertiary/aromatic N) is 4. The summed E-state index contributed by atoms with van der Waals surface area (Å²) in [4.78, 5) is 34.0. The van der Waals surface area contributed by atoms with Crippen molar-refractivity contribution in [1.82, 2.24) is 14.5 Å². The summed E-state index contributed by atoms with van der Waals surface area (Å²) in [5, 5.41) is 20.3. The average Bonchev–Trinajstić information content (AvgIpc) is 2.81. The Morgan fingerprint density at radius 3 is 2.76 bits per heavy atom. The molecule has 1 amide bonds. The van der Waals surface area contributed by atoms with Crippen molar-refractivity contribution in [3.63, 3.8) is 0 Å². The number of esters is 1. The van der Waals surface area contributed by atoms with Gasteiger partial charge in [0, 0.05) is 31.7 Å². The topological polar surface area (TPSA) is 115 Å². The number of carbonyl (C=O) groups is 2. The van der Waals surface area contributed by atoms with Crippen LogP contribution in [-0.2, 0) is 16.0 Å². The predicted molar refractivity (Wildman–Crippen MR) is 131 cm³/mol. The second-order valence-electron chi connectivity index (χ2n) is 8.49. The van der Waals surface area contributed by atoms with Gasteiger partial charge in [0.25, 0.3) is 5.91 Å². The number of rotatable bonds is 10. The molecule has 0 aliphatic carbocycles. The average molecular weight is 472 g/mol. The monoisotopic (exact) mass is 472 g/mol. The van der Waals surface area contributed by atoms with Gasteiger partial charge in [-0.2, -0.15) is 0 Å². The Morgan fingerprint density at radius 2 is 2.06 bits per heavy atom. The van der Waals surface area contributed by atoms with E-state index in [2.05, 4.69) is 4.99 Å². The molecule has 0 saturated heterocycles. The Labute approximate surface area is 201 Å². The molecule has 0 radical (unpaired) electrons. The van der Waals surface area contributed by atoms with Crippen molar-refractivity contribution in [3.8, 4) is 5.75 Å². The van der Waals surface area contributed by atoms with Gasteiger partial charge >= 0.3 is 20.1 Å². The highest BCUT2D eigenvalue weighted by molar-refractivity contribution is 6.53. The number of amides is 1. The van der Waals surface area contributed by atoms with Crippen LogP contribution in [0.2, 0.25) is 13.6 Å². The Bertz CT molecular complexity index is 898. The summed E-state index contributed by atoms with van der Waals surface area (Å²) >= 11 is 0. The summed E-state index contributed by atoms with van der Waals surface area (Å²) in [6, 6.07) is 5.38. The van der Waals surface area contributed by atoms with E-state index in [1.807, 2.05) is 6.07 Å². The Hall–Kier alpha value is -2.72. The van der Waals surface area contributed by atoms with Gasteiger partial charge in [0.05, 0.1) is 13.2 Å². The number of hydrogen-bond acceptors (Lipinski definition) is 9. The molecule has 0 aromatic heterocycles. The van der Waals surface area contributed by atoms with E-state index >= 15 is 0 Å². The molecule has 0 atom stereocenters. The summed E-state index contributed by atoms with van der Waals surface area (Å²) in [7, 11) is -1.42. The SMILES string of the molecule is CCOC(=O)CN1CCc2cc(OCCCN(B(C)O)C3=NCCCN3B(C)O)ccc2C1=O. The maximum atomic E-state index is 12.7. The van der Waals surface area contributed by atoms with Crippen molar-refractivity contribution in [3.05, 3.63) is 29.3 Å². The Morgan fingerprint density at radius 1 is 1.26 bits per heavy atom. The lowest BCUT2D eigenvalue weighted by Crippen LogP contribution is -2.56. The fraction of sp³-hybridized carbons (Fsp3) is 0.591. The maximum Gasteiger partial charge on any atom is 0.411 e.